The number of nitrogens with one attached hydrogen (secondary N) is 1. The molecule has 1 aliphatic heterocycles. The summed E-state index contributed by atoms with van der Waals surface area (Å²) in [5, 5.41) is 12.7. The molecule has 6 heteroatoms. The van der Waals surface area contributed by atoms with Gasteiger partial charge in [-0.1, -0.05) is 71.0 Å². The topological polar surface area (TPSA) is 86.7 Å². The van der Waals surface area contributed by atoms with E-state index in [1.54, 1.807) is 4.90 Å². The number of benzene rings is 2. The lowest BCUT2D eigenvalue weighted by Crippen LogP contribution is -2.39. The van der Waals surface area contributed by atoms with Crippen molar-refractivity contribution in [2.75, 3.05) is 10.2 Å². The van der Waals surface area contributed by atoms with Crippen molar-refractivity contribution in [3.05, 3.63) is 70.9 Å². The van der Waals surface area contributed by atoms with Crippen LogP contribution in [-0.2, 0) is 19.8 Å². The smallest absolute Gasteiger partial charge is 0.303 e. The van der Waals surface area contributed by atoms with E-state index >= 15 is 0 Å². The summed E-state index contributed by atoms with van der Waals surface area (Å²) < 4.78 is 0. The summed E-state index contributed by atoms with van der Waals surface area (Å²) in [6, 6.07) is 14.9. The Morgan fingerprint density at radius 3 is 2.31 bits per heavy atom. The van der Waals surface area contributed by atoms with Crippen molar-refractivity contribution in [1.29, 1.82) is 0 Å². The van der Waals surface area contributed by atoms with E-state index in [0.717, 1.165) is 22.5 Å². The molecule has 0 saturated heterocycles. The molecule has 0 aromatic heterocycles. The molecule has 0 unspecified atom stereocenters. The number of fused-ring (bicyclic) bond motifs is 1. The number of ketones is 1. The maximum atomic E-state index is 13.7. The van der Waals surface area contributed by atoms with Crippen molar-refractivity contribution in [3.63, 3.8) is 0 Å². The van der Waals surface area contributed by atoms with Crippen LogP contribution < -0.4 is 10.2 Å². The fourth-order valence-corrected chi connectivity index (χ4v) is 5.08. The molecule has 4 rings (SSSR count). The minimum Gasteiger partial charge on any atom is -0.481 e. The first-order valence-electron chi connectivity index (χ1n) is 12.1. The van der Waals surface area contributed by atoms with E-state index in [4.69, 9.17) is 0 Å². The summed E-state index contributed by atoms with van der Waals surface area (Å²) in [6.45, 7) is 10.6. The third-order valence-electron chi connectivity index (χ3n) is 6.81. The number of carbonyl (C=O) groups is 3. The van der Waals surface area contributed by atoms with Crippen molar-refractivity contribution in [2.45, 2.75) is 71.8 Å². The Bertz CT molecular complexity index is 1200. The van der Waals surface area contributed by atoms with Gasteiger partial charge in [-0.3, -0.25) is 19.3 Å². The summed E-state index contributed by atoms with van der Waals surface area (Å²) >= 11 is 0. The summed E-state index contributed by atoms with van der Waals surface area (Å²) in [5.74, 6) is -1.34. The minimum absolute atomic E-state index is 0.0116. The molecule has 0 fully saturated rings. The molecule has 35 heavy (non-hydrogen) atoms. The predicted octanol–water partition coefficient (Wildman–Crippen LogP) is 5.99. The molecule has 2 N–H and O–H groups in total. The van der Waals surface area contributed by atoms with Crippen molar-refractivity contribution in [2.24, 2.45) is 5.41 Å². The van der Waals surface area contributed by atoms with E-state index in [9.17, 15) is 19.5 Å². The predicted molar refractivity (Wildman–Crippen MR) is 137 cm³/mol. The monoisotopic (exact) mass is 474 g/mol. The molecule has 1 atom stereocenters. The van der Waals surface area contributed by atoms with Gasteiger partial charge in [0, 0.05) is 24.1 Å². The Hall–Kier alpha value is -3.41. The van der Waals surface area contributed by atoms with Crippen molar-refractivity contribution in [1.82, 2.24) is 0 Å². The maximum absolute atomic E-state index is 13.7. The molecule has 0 spiro atoms. The SMILES string of the molecule is CC1(C)CC(=O)C2=C(C1)Nc1ccccc1N(C(=O)CCC(=O)O)[C@H]2c1ccc(C(C)(C)C)cc1. The van der Waals surface area contributed by atoms with E-state index in [0.29, 0.717) is 24.1 Å². The number of aliphatic carboxylic acids is 1. The van der Waals surface area contributed by atoms with Crippen molar-refractivity contribution >= 4 is 29.0 Å². The van der Waals surface area contributed by atoms with Crippen LogP contribution in [0.25, 0.3) is 0 Å². The number of para-hydroxylation sites is 2. The van der Waals surface area contributed by atoms with Crippen LogP contribution in [-0.4, -0.2) is 22.8 Å². The van der Waals surface area contributed by atoms with E-state index in [1.807, 2.05) is 36.4 Å². The molecule has 2 aromatic carbocycles. The van der Waals surface area contributed by atoms with E-state index in [2.05, 4.69) is 52.1 Å². The molecule has 6 nitrogen and oxygen atoms in total. The fraction of sp³-hybridized carbons (Fsp3) is 0.414. The van der Waals surface area contributed by atoms with E-state index in [1.165, 1.54) is 0 Å². The molecule has 0 bridgehead atoms. The number of Topliss-reactive ketones (excluding diaryl/α,β-unsaturated/α-hetero) is 1. The summed E-state index contributed by atoms with van der Waals surface area (Å²) in [4.78, 5) is 40.2. The zero-order valence-electron chi connectivity index (χ0n) is 21.1. The Kier molecular flexibility index (Phi) is 6.34. The Labute approximate surface area is 207 Å². The second kappa shape index (κ2) is 8.99. The second-order valence-corrected chi connectivity index (χ2v) is 11.4. The lowest BCUT2D eigenvalue weighted by molar-refractivity contribution is -0.138. The summed E-state index contributed by atoms with van der Waals surface area (Å²) in [6.07, 6.45) is 0.643. The Balaban J connectivity index is 1.94. The van der Waals surface area contributed by atoms with Gasteiger partial charge in [0.2, 0.25) is 5.91 Å². The first-order chi connectivity index (χ1) is 16.4. The number of hydrogen-bond donors (Lipinski definition) is 2. The highest BCUT2D eigenvalue weighted by molar-refractivity contribution is 6.06. The number of amides is 1. The highest BCUT2D eigenvalue weighted by Crippen LogP contribution is 2.48. The van der Waals surface area contributed by atoms with Crippen LogP contribution in [0, 0.1) is 5.41 Å². The van der Waals surface area contributed by atoms with Crippen LogP contribution in [0.5, 0.6) is 0 Å². The molecule has 1 amide bonds. The number of carboxylic acids is 1. The number of rotatable bonds is 4. The molecule has 2 aromatic rings. The number of carbonyl (C=O) groups excluding carboxylic acids is 2. The largest absolute Gasteiger partial charge is 0.481 e. The Morgan fingerprint density at radius 1 is 1.03 bits per heavy atom. The van der Waals surface area contributed by atoms with Crippen LogP contribution in [0.2, 0.25) is 0 Å². The van der Waals surface area contributed by atoms with E-state index < -0.39 is 12.0 Å². The number of carboxylic acid groups (broad SMARTS) is 1. The van der Waals surface area contributed by atoms with Crippen LogP contribution in [0.15, 0.2) is 59.8 Å². The van der Waals surface area contributed by atoms with Gasteiger partial charge >= 0.3 is 5.97 Å². The highest BCUT2D eigenvalue weighted by Gasteiger charge is 2.43. The molecular weight excluding hydrogens is 440 g/mol. The van der Waals surface area contributed by atoms with Crippen LogP contribution in [0.4, 0.5) is 11.4 Å². The van der Waals surface area contributed by atoms with Gasteiger partial charge in [0.25, 0.3) is 0 Å². The quantitative estimate of drug-likeness (QED) is 0.568. The Morgan fingerprint density at radius 2 is 1.69 bits per heavy atom. The van der Waals surface area contributed by atoms with Gasteiger partial charge in [-0.25, -0.2) is 0 Å². The normalized spacial score (nSPS) is 19.4. The average molecular weight is 475 g/mol. The summed E-state index contributed by atoms with van der Waals surface area (Å²) in [5.41, 5.74) is 4.55. The molecule has 0 radical (unpaired) electrons. The third kappa shape index (κ3) is 5.02. The molecule has 1 heterocycles. The van der Waals surface area contributed by atoms with Gasteiger partial charge in [0.15, 0.2) is 5.78 Å². The minimum atomic E-state index is -1.03. The standard InChI is InChI=1S/C29H34N2O4/c1-28(2,3)19-12-10-18(11-13-19)27-26-21(16-29(4,5)17-23(26)32)30-20-8-6-7-9-22(20)31(27)24(33)14-15-25(34)35/h6-13,27,30H,14-17H2,1-5H3,(H,34,35)/t27-/m0/s1. The second-order valence-electron chi connectivity index (χ2n) is 11.4. The van der Waals surface area contributed by atoms with Crippen LogP contribution in [0.3, 0.4) is 0 Å². The zero-order valence-corrected chi connectivity index (χ0v) is 21.1. The van der Waals surface area contributed by atoms with Gasteiger partial charge in [0.1, 0.15) is 0 Å². The number of nitrogens with zero attached hydrogens (tertiary/aromatic N) is 1. The molecular formula is C29H34N2O4. The van der Waals surface area contributed by atoms with E-state index in [-0.39, 0.29) is 35.4 Å². The van der Waals surface area contributed by atoms with Crippen molar-refractivity contribution < 1.29 is 19.5 Å². The van der Waals surface area contributed by atoms with Gasteiger partial charge in [0.05, 0.1) is 23.8 Å². The average Bonchev–Trinajstić information content (AvgIpc) is 2.90. The van der Waals surface area contributed by atoms with Crippen LogP contribution in [0.1, 0.15) is 77.5 Å². The number of anilines is 2. The fourth-order valence-electron chi connectivity index (χ4n) is 5.08. The maximum Gasteiger partial charge on any atom is 0.303 e. The third-order valence-corrected chi connectivity index (χ3v) is 6.81. The lowest BCUT2D eigenvalue weighted by atomic mass is 9.73. The van der Waals surface area contributed by atoms with Crippen molar-refractivity contribution in [3.8, 4) is 0 Å². The van der Waals surface area contributed by atoms with Gasteiger partial charge < -0.3 is 10.4 Å². The molecule has 184 valence electrons. The highest BCUT2D eigenvalue weighted by atomic mass is 16.4. The first-order valence-corrected chi connectivity index (χ1v) is 12.1. The molecule has 1 aliphatic carbocycles. The number of hydrogen-bond acceptors (Lipinski definition) is 4. The summed E-state index contributed by atoms with van der Waals surface area (Å²) in [7, 11) is 0. The van der Waals surface area contributed by atoms with Gasteiger partial charge in [-0.05, 0) is 40.5 Å². The molecule has 0 saturated carbocycles. The zero-order chi connectivity index (χ0) is 25.5. The van der Waals surface area contributed by atoms with Gasteiger partial charge in [-0.15, -0.1) is 0 Å². The lowest BCUT2D eigenvalue weighted by Gasteiger charge is -2.37. The molecule has 2 aliphatic rings. The van der Waals surface area contributed by atoms with Crippen LogP contribution >= 0.6 is 0 Å². The van der Waals surface area contributed by atoms with Gasteiger partial charge in [-0.2, -0.15) is 0 Å². The number of allylic oxidation sites excluding steroid dienone is 1. The first kappa shape index (κ1) is 24.7.